The van der Waals surface area contributed by atoms with E-state index >= 15 is 0 Å². The maximum atomic E-state index is 13.9. The minimum Gasteiger partial charge on any atom is -0.396 e. The van der Waals surface area contributed by atoms with Crippen molar-refractivity contribution in [1.82, 2.24) is 0 Å². The predicted molar refractivity (Wildman–Crippen MR) is 65.7 cm³/mol. The number of aryl methyl sites for hydroxylation is 2. The second kappa shape index (κ2) is 4.17. The van der Waals surface area contributed by atoms with Gasteiger partial charge in [0.1, 0.15) is 11.6 Å². The lowest BCUT2D eigenvalue weighted by Gasteiger charge is -2.11. The zero-order valence-corrected chi connectivity index (χ0v) is 9.72. The zero-order chi connectivity index (χ0) is 12.6. The Morgan fingerprint density at radius 3 is 2.35 bits per heavy atom. The van der Waals surface area contributed by atoms with E-state index in [2.05, 4.69) is 0 Å². The first-order valence-corrected chi connectivity index (χ1v) is 5.32. The smallest absolute Gasteiger partial charge is 0.146 e. The van der Waals surface area contributed by atoms with Crippen LogP contribution in [-0.4, -0.2) is 0 Å². The largest absolute Gasteiger partial charge is 0.396 e. The molecule has 0 saturated carbocycles. The lowest BCUT2D eigenvalue weighted by Crippen LogP contribution is -1.98. The van der Waals surface area contributed by atoms with E-state index in [0.29, 0.717) is 11.1 Å². The van der Waals surface area contributed by atoms with Gasteiger partial charge in [0.05, 0.1) is 5.69 Å². The molecule has 0 spiro atoms. The minimum atomic E-state index is -0.526. The molecule has 2 rings (SSSR count). The van der Waals surface area contributed by atoms with Gasteiger partial charge in [0.25, 0.3) is 0 Å². The molecule has 0 amide bonds. The van der Waals surface area contributed by atoms with Gasteiger partial charge in [-0.3, -0.25) is 0 Å². The number of rotatable bonds is 1. The molecule has 88 valence electrons. The Labute approximate surface area is 98.9 Å². The van der Waals surface area contributed by atoms with Crippen LogP contribution in [0.3, 0.4) is 0 Å². The van der Waals surface area contributed by atoms with Crippen LogP contribution in [0.4, 0.5) is 14.5 Å². The summed E-state index contributed by atoms with van der Waals surface area (Å²) in [5, 5.41) is 0. The molecule has 2 N–H and O–H groups in total. The SMILES string of the molecule is Cc1cc(C)c(-c2cccc(F)c2N)c(F)c1. The van der Waals surface area contributed by atoms with Crippen molar-refractivity contribution in [2.45, 2.75) is 13.8 Å². The molecule has 0 heterocycles. The summed E-state index contributed by atoms with van der Waals surface area (Å²) in [5.74, 6) is -0.901. The maximum absolute atomic E-state index is 13.9. The second-order valence-corrected chi connectivity index (χ2v) is 4.14. The predicted octanol–water partition coefficient (Wildman–Crippen LogP) is 3.83. The number of hydrogen-bond acceptors (Lipinski definition) is 1. The van der Waals surface area contributed by atoms with Crippen LogP contribution in [0, 0.1) is 25.5 Å². The molecular weight excluding hydrogens is 220 g/mol. The number of para-hydroxylation sites is 1. The van der Waals surface area contributed by atoms with Crippen molar-refractivity contribution in [3.63, 3.8) is 0 Å². The third kappa shape index (κ3) is 2.00. The van der Waals surface area contributed by atoms with Crippen LogP contribution in [0.15, 0.2) is 30.3 Å². The van der Waals surface area contributed by atoms with E-state index in [4.69, 9.17) is 5.73 Å². The monoisotopic (exact) mass is 233 g/mol. The Kier molecular flexibility index (Phi) is 2.84. The highest BCUT2D eigenvalue weighted by atomic mass is 19.1. The van der Waals surface area contributed by atoms with Crippen LogP contribution in [-0.2, 0) is 0 Å². The summed E-state index contributed by atoms with van der Waals surface area (Å²) in [6.07, 6.45) is 0. The number of hydrogen-bond donors (Lipinski definition) is 1. The van der Waals surface area contributed by atoms with Crippen LogP contribution < -0.4 is 5.73 Å². The van der Waals surface area contributed by atoms with E-state index in [1.54, 1.807) is 13.0 Å². The van der Waals surface area contributed by atoms with E-state index in [0.717, 1.165) is 11.1 Å². The molecule has 0 fully saturated rings. The summed E-state index contributed by atoms with van der Waals surface area (Å²) in [7, 11) is 0. The molecule has 0 bridgehead atoms. The summed E-state index contributed by atoms with van der Waals surface area (Å²) in [6, 6.07) is 7.69. The Morgan fingerprint density at radius 1 is 1.00 bits per heavy atom. The van der Waals surface area contributed by atoms with Crippen molar-refractivity contribution in [2.75, 3.05) is 5.73 Å². The number of nitrogens with two attached hydrogens (primary N) is 1. The van der Waals surface area contributed by atoms with Gasteiger partial charge in [-0.25, -0.2) is 8.78 Å². The second-order valence-electron chi connectivity index (χ2n) is 4.14. The molecule has 17 heavy (non-hydrogen) atoms. The van der Waals surface area contributed by atoms with Crippen LogP contribution >= 0.6 is 0 Å². The Balaban J connectivity index is 2.73. The lowest BCUT2D eigenvalue weighted by atomic mass is 9.96. The minimum absolute atomic E-state index is 0.0154. The highest BCUT2D eigenvalue weighted by molar-refractivity contribution is 5.79. The van der Waals surface area contributed by atoms with E-state index in [-0.39, 0.29) is 11.5 Å². The number of halogens is 2. The van der Waals surface area contributed by atoms with E-state index in [1.165, 1.54) is 18.2 Å². The maximum Gasteiger partial charge on any atom is 0.146 e. The lowest BCUT2D eigenvalue weighted by molar-refractivity contribution is 0.626. The van der Waals surface area contributed by atoms with Crippen LogP contribution in [0.1, 0.15) is 11.1 Å². The van der Waals surface area contributed by atoms with Gasteiger partial charge in [-0.2, -0.15) is 0 Å². The topological polar surface area (TPSA) is 26.0 Å². The Morgan fingerprint density at radius 2 is 1.71 bits per heavy atom. The van der Waals surface area contributed by atoms with E-state index < -0.39 is 5.82 Å². The molecule has 0 saturated heterocycles. The fourth-order valence-corrected chi connectivity index (χ4v) is 2.01. The summed E-state index contributed by atoms with van der Waals surface area (Å²) in [5.41, 5.74) is 7.99. The van der Waals surface area contributed by atoms with Gasteiger partial charge in [-0.05, 0) is 37.1 Å². The molecule has 0 aromatic heterocycles. The molecule has 0 atom stereocenters. The van der Waals surface area contributed by atoms with Crippen LogP contribution in [0.25, 0.3) is 11.1 Å². The molecule has 2 aromatic rings. The number of nitrogen functional groups attached to an aromatic ring is 1. The van der Waals surface area contributed by atoms with E-state index in [1.807, 2.05) is 13.0 Å². The van der Waals surface area contributed by atoms with Gasteiger partial charge in [0, 0.05) is 11.1 Å². The Bertz CT molecular complexity index is 553. The van der Waals surface area contributed by atoms with Crippen molar-refractivity contribution < 1.29 is 8.78 Å². The standard InChI is InChI=1S/C14H13F2N/c1-8-6-9(2)13(12(16)7-8)10-4-3-5-11(15)14(10)17/h3-7H,17H2,1-2H3. The fraction of sp³-hybridized carbons (Fsp3) is 0.143. The average molecular weight is 233 g/mol. The van der Waals surface area contributed by atoms with Crippen LogP contribution in [0.2, 0.25) is 0 Å². The highest BCUT2D eigenvalue weighted by Crippen LogP contribution is 2.33. The van der Waals surface area contributed by atoms with Gasteiger partial charge in [0.2, 0.25) is 0 Å². The third-order valence-electron chi connectivity index (χ3n) is 2.75. The van der Waals surface area contributed by atoms with Gasteiger partial charge in [-0.15, -0.1) is 0 Å². The van der Waals surface area contributed by atoms with Gasteiger partial charge < -0.3 is 5.73 Å². The summed E-state index contributed by atoms with van der Waals surface area (Å²) in [6.45, 7) is 3.60. The molecule has 0 aliphatic heterocycles. The molecule has 3 heteroatoms. The molecular formula is C14H13F2N. The fourth-order valence-electron chi connectivity index (χ4n) is 2.01. The van der Waals surface area contributed by atoms with Gasteiger partial charge >= 0.3 is 0 Å². The van der Waals surface area contributed by atoms with Crippen molar-refractivity contribution in [3.8, 4) is 11.1 Å². The molecule has 1 nitrogen and oxygen atoms in total. The first kappa shape index (κ1) is 11.6. The molecule has 0 unspecified atom stereocenters. The van der Waals surface area contributed by atoms with Crippen molar-refractivity contribution in [3.05, 3.63) is 53.1 Å². The summed E-state index contributed by atoms with van der Waals surface area (Å²) >= 11 is 0. The molecule has 0 aliphatic rings. The number of benzene rings is 2. The summed E-state index contributed by atoms with van der Waals surface area (Å²) in [4.78, 5) is 0. The first-order chi connectivity index (χ1) is 8.00. The van der Waals surface area contributed by atoms with Crippen LogP contribution in [0.5, 0.6) is 0 Å². The average Bonchev–Trinajstić information content (AvgIpc) is 2.23. The van der Waals surface area contributed by atoms with Gasteiger partial charge in [-0.1, -0.05) is 18.2 Å². The van der Waals surface area contributed by atoms with Gasteiger partial charge in [0.15, 0.2) is 0 Å². The molecule has 2 aromatic carbocycles. The Hall–Kier alpha value is -1.90. The highest BCUT2D eigenvalue weighted by Gasteiger charge is 2.13. The molecule has 0 radical (unpaired) electrons. The number of anilines is 1. The van der Waals surface area contributed by atoms with Crippen molar-refractivity contribution in [1.29, 1.82) is 0 Å². The van der Waals surface area contributed by atoms with Crippen molar-refractivity contribution >= 4 is 5.69 Å². The normalized spacial score (nSPS) is 10.6. The third-order valence-corrected chi connectivity index (χ3v) is 2.75. The quantitative estimate of drug-likeness (QED) is 0.744. The summed E-state index contributed by atoms with van der Waals surface area (Å²) < 4.78 is 27.3. The van der Waals surface area contributed by atoms with Crippen molar-refractivity contribution in [2.24, 2.45) is 0 Å². The van der Waals surface area contributed by atoms with E-state index in [9.17, 15) is 8.78 Å². The zero-order valence-electron chi connectivity index (χ0n) is 9.72. The molecule has 0 aliphatic carbocycles. The first-order valence-electron chi connectivity index (χ1n) is 5.32.